The summed E-state index contributed by atoms with van der Waals surface area (Å²) in [6.07, 6.45) is 17.4. The molecule has 0 nitrogen and oxygen atoms in total. The largest absolute Gasteiger partial charge is 0.100 e. The van der Waals surface area contributed by atoms with E-state index in [1.54, 1.807) is 0 Å². The first kappa shape index (κ1) is 15.8. The summed E-state index contributed by atoms with van der Waals surface area (Å²) in [5, 5.41) is 0. The van der Waals surface area contributed by atoms with Gasteiger partial charge in [-0.2, -0.15) is 0 Å². The van der Waals surface area contributed by atoms with Crippen molar-refractivity contribution < 1.29 is 0 Å². The minimum absolute atomic E-state index is 0.927. The summed E-state index contributed by atoms with van der Waals surface area (Å²) in [6.45, 7) is 8.56. The molecule has 0 aliphatic heterocycles. The average molecular weight is 250 g/mol. The molecule has 0 aromatic rings. The highest BCUT2D eigenvalue weighted by molar-refractivity contribution is 4.87. The van der Waals surface area contributed by atoms with Gasteiger partial charge in [0, 0.05) is 0 Å². The van der Waals surface area contributed by atoms with E-state index in [2.05, 4.69) is 20.4 Å². The van der Waals surface area contributed by atoms with Crippen molar-refractivity contribution in [3.05, 3.63) is 12.2 Å². The summed E-state index contributed by atoms with van der Waals surface area (Å²) in [7, 11) is 0. The molecule has 1 rings (SSSR count). The molecule has 0 amide bonds. The molecule has 106 valence electrons. The van der Waals surface area contributed by atoms with Crippen molar-refractivity contribution in [2.45, 2.75) is 90.9 Å². The smallest absolute Gasteiger partial charge is 0.0326 e. The highest BCUT2D eigenvalue weighted by Gasteiger charge is 2.12. The fourth-order valence-electron chi connectivity index (χ4n) is 3.30. The minimum Gasteiger partial charge on any atom is -0.100 e. The quantitative estimate of drug-likeness (QED) is 0.323. The lowest BCUT2D eigenvalue weighted by atomic mass is 9.85. The second kappa shape index (κ2) is 9.64. The Labute approximate surface area is 115 Å². The molecule has 0 radical (unpaired) electrons. The number of hydrogen-bond donors (Lipinski definition) is 0. The first-order chi connectivity index (χ1) is 8.68. The lowest BCUT2D eigenvalue weighted by Gasteiger charge is -2.21. The molecular weight excluding hydrogens is 216 g/mol. The van der Waals surface area contributed by atoms with Crippen molar-refractivity contribution in [2.24, 2.45) is 11.8 Å². The molecule has 1 saturated carbocycles. The summed E-state index contributed by atoms with van der Waals surface area (Å²) in [4.78, 5) is 0. The maximum atomic E-state index is 3.98. The van der Waals surface area contributed by atoms with Crippen molar-refractivity contribution >= 4 is 0 Å². The van der Waals surface area contributed by atoms with Gasteiger partial charge in [-0.15, -0.1) is 6.58 Å². The zero-order chi connectivity index (χ0) is 13.2. The summed E-state index contributed by atoms with van der Waals surface area (Å²) in [5.41, 5.74) is 1.35. The van der Waals surface area contributed by atoms with Gasteiger partial charge in [-0.25, -0.2) is 0 Å². The van der Waals surface area contributed by atoms with Crippen molar-refractivity contribution in [3.8, 4) is 0 Å². The number of rotatable bonds is 9. The Morgan fingerprint density at radius 2 is 1.72 bits per heavy atom. The molecule has 0 heterocycles. The third kappa shape index (κ3) is 7.95. The van der Waals surface area contributed by atoms with Crippen LogP contribution in [-0.2, 0) is 0 Å². The molecule has 0 heteroatoms. The Balaban J connectivity index is 1.91. The van der Waals surface area contributed by atoms with Gasteiger partial charge in [-0.1, -0.05) is 76.7 Å². The van der Waals surface area contributed by atoms with Gasteiger partial charge >= 0.3 is 0 Å². The lowest BCUT2D eigenvalue weighted by Crippen LogP contribution is -2.06. The SMILES string of the molecule is C=C(C)CCCC(C)CCCCC1CCCCC1. The number of unbranched alkanes of at least 4 members (excludes halogenated alkanes) is 1. The summed E-state index contributed by atoms with van der Waals surface area (Å²) >= 11 is 0. The molecule has 0 bridgehead atoms. The van der Waals surface area contributed by atoms with Gasteiger partial charge in [-0.05, 0) is 31.6 Å². The average Bonchev–Trinajstić information content (AvgIpc) is 2.35. The van der Waals surface area contributed by atoms with E-state index in [1.165, 1.54) is 82.6 Å². The number of allylic oxidation sites excluding steroid dienone is 1. The van der Waals surface area contributed by atoms with Gasteiger partial charge in [0.2, 0.25) is 0 Å². The van der Waals surface area contributed by atoms with E-state index in [0.717, 1.165) is 11.8 Å². The molecule has 0 aromatic heterocycles. The maximum Gasteiger partial charge on any atom is -0.0326 e. The van der Waals surface area contributed by atoms with Gasteiger partial charge in [0.1, 0.15) is 0 Å². The normalized spacial score (nSPS) is 18.8. The second-order valence-electron chi connectivity index (χ2n) is 6.74. The number of hydrogen-bond acceptors (Lipinski definition) is 0. The zero-order valence-electron chi connectivity index (χ0n) is 12.8. The van der Waals surface area contributed by atoms with Crippen molar-refractivity contribution in [1.29, 1.82) is 0 Å². The van der Waals surface area contributed by atoms with Crippen LogP contribution in [0.1, 0.15) is 90.9 Å². The van der Waals surface area contributed by atoms with Crippen LogP contribution in [0.2, 0.25) is 0 Å². The van der Waals surface area contributed by atoms with E-state index in [4.69, 9.17) is 0 Å². The van der Waals surface area contributed by atoms with Crippen LogP contribution in [0.5, 0.6) is 0 Å². The Bertz CT molecular complexity index is 210. The van der Waals surface area contributed by atoms with E-state index >= 15 is 0 Å². The van der Waals surface area contributed by atoms with Crippen molar-refractivity contribution in [1.82, 2.24) is 0 Å². The van der Waals surface area contributed by atoms with Crippen molar-refractivity contribution in [2.75, 3.05) is 0 Å². The van der Waals surface area contributed by atoms with Crippen LogP contribution in [-0.4, -0.2) is 0 Å². The lowest BCUT2D eigenvalue weighted by molar-refractivity contribution is 0.323. The molecule has 0 spiro atoms. The van der Waals surface area contributed by atoms with Gasteiger partial charge in [0.05, 0.1) is 0 Å². The van der Waals surface area contributed by atoms with E-state index in [1.807, 2.05) is 0 Å². The van der Waals surface area contributed by atoms with Crippen LogP contribution in [0, 0.1) is 11.8 Å². The molecule has 0 saturated heterocycles. The zero-order valence-corrected chi connectivity index (χ0v) is 12.8. The van der Waals surface area contributed by atoms with Crippen LogP contribution in [0.3, 0.4) is 0 Å². The van der Waals surface area contributed by atoms with E-state index in [9.17, 15) is 0 Å². The molecule has 0 aromatic carbocycles. The molecule has 0 N–H and O–H groups in total. The topological polar surface area (TPSA) is 0 Å². The monoisotopic (exact) mass is 250 g/mol. The van der Waals surface area contributed by atoms with Crippen LogP contribution in [0.15, 0.2) is 12.2 Å². The Kier molecular flexibility index (Phi) is 8.46. The highest BCUT2D eigenvalue weighted by atomic mass is 14.2. The molecule has 18 heavy (non-hydrogen) atoms. The van der Waals surface area contributed by atoms with E-state index in [0.29, 0.717) is 0 Å². The molecule has 1 aliphatic carbocycles. The van der Waals surface area contributed by atoms with Crippen LogP contribution < -0.4 is 0 Å². The predicted octanol–water partition coefficient (Wildman–Crippen LogP) is 6.51. The van der Waals surface area contributed by atoms with E-state index in [-0.39, 0.29) is 0 Å². The molecule has 1 aliphatic rings. The maximum absolute atomic E-state index is 3.98. The molecule has 1 unspecified atom stereocenters. The summed E-state index contributed by atoms with van der Waals surface area (Å²) < 4.78 is 0. The third-order valence-electron chi connectivity index (χ3n) is 4.58. The first-order valence-electron chi connectivity index (χ1n) is 8.33. The molecule has 1 fully saturated rings. The van der Waals surface area contributed by atoms with Gasteiger partial charge < -0.3 is 0 Å². The summed E-state index contributed by atoms with van der Waals surface area (Å²) in [6, 6.07) is 0. The Morgan fingerprint density at radius 1 is 1.06 bits per heavy atom. The Morgan fingerprint density at radius 3 is 2.39 bits per heavy atom. The van der Waals surface area contributed by atoms with Crippen LogP contribution in [0.4, 0.5) is 0 Å². The van der Waals surface area contributed by atoms with Crippen molar-refractivity contribution in [3.63, 3.8) is 0 Å². The fourth-order valence-corrected chi connectivity index (χ4v) is 3.30. The predicted molar refractivity (Wildman–Crippen MR) is 82.9 cm³/mol. The van der Waals surface area contributed by atoms with Crippen LogP contribution >= 0.6 is 0 Å². The van der Waals surface area contributed by atoms with Gasteiger partial charge in [0.15, 0.2) is 0 Å². The van der Waals surface area contributed by atoms with Crippen LogP contribution in [0.25, 0.3) is 0 Å². The fraction of sp³-hybridized carbons (Fsp3) is 0.889. The van der Waals surface area contributed by atoms with E-state index < -0.39 is 0 Å². The summed E-state index contributed by atoms with van der Waals surface area (Å²) in [5.74, 6) is 2.01. The minimum atomic E-state index is 0.927. The first-order valence-corrected chi connectivity index (χ1v) is 8.33. The van der Waals surface area contributed by atoms with Gasteiger partial charge in [0.25, 0.3) is 0 Å². The third-order valence-corrected chi connectivity index (χ3v) is 4.58. The molecular formula is C18H34. The van der Waals surface area contributed by atoms with Gasteiger partial charge in [-0.3, -0.25) is 0 Å². The highest BCUT2D eigenvalue weighted by Crippen LogP contribution is 2.28. The molecule has 1 atom stereocenters. The second-order valence-corrected chi connectivity index (χ2v) is 6.74. The standard InChI is InChI=1S/C18H34/c1-16(2)10-9-12-17(3)11-7-8-15-18-13-5-4-6-14-18/h17-18H,1,4-15H2,2-3H3. The Hall–Kier alpha value is -0.260.